The first-order chi connectivity index (χ1) is 10.3. The SMILES string of the molecule is COCCNCc1nc(C)ccc1OCCn1ccnc1. The second-order valence-electron chi connectivity index (χ2n) is 4.72. The van der Waals surface area contributed by atoms with Crippen LogP contribution in [0.5, 0.6) is 5.75 Å². The van der Waals surface area contributed by atoms with Gasteiger partial charge < -0.3 is 19.4 Å². The number of aryl methyl sites for hydroxylation is 1. The minimum Gasteiger partial charge on any atom is -0.490 e. The summed E-state index contributed by atoms with van der Waals surface area (Å²) in [7, 11) is 1.69. The Morgan fingerprint density at radius 1 is 1.29 bits per heavy atom. The molecule has 2 aromatic rings. The Bertz CT molecular complexity index is 528. The lowest BCUT2D eigenvalue weighted by Gasteiger charge is -2.12. The van der Waals surface area contributed by atoms with E-state index in [1.54, 1.807) is 19.6 Å². The number of aromatic nitrogens is 3. The maximum Gasteiger partial charge on any atom is 0.142 e. The fraction of sp³-hybridized carbons (Fsp3) is 0.467. The molecule has 0 spiro atoms. The maximum atomic E-state index is 5.84. The first kappa shape index (κ1) is 15.5. The highest BCUT2D eigenvalue weighted by atomic mass is 16.5. The van der Waals surface area contributed by atoms with Gasteiger partial charge in [0.2, 0.25) is 0 Å². The average Bonchev–Trinajstić information content (AvgIpc) is 2.99. The van der Waals surface area contributed by atoms with E-state index in [1.807, 2.05) is 29.8 Å². The quantitative estimate of drug-likeness (QED) is 0.707. The number of nitrogens with one attached hydrogen (secondary N) is 1. The third-order valence-corrected chi connectivity index (χ3v) is 3.01. The summed E-state index contributed by atoms with van der Waals surface area (Å²) in [5.41, 5.74) is 1.91. The second-order valence-corrected chi connectivity index (χ2v) is 4.72. The van der Waals surface area contributed by atoms with Gasteiger partial charge in [0.25, 0.3) is 0 Å². The van der Waals surface area contributed by atoms with Gasteiger partial charge in [-0.3, -0.25) is 4.98 Å². The molecule has 6 heteroatoms. The Hall–Kier alpha value is -1.92. The van der Waals surface area contributed by atoms with E-state index >= 15 is 0 Å². The molecule has 0 unspecified atom stereocenters. The number of hydrogen-bond acceptors (Lipinski definition) is 5. The number of rotatable bonds is 9. The van der Waals surface area contributed by atoms with Crippen molar-refractivity contribution >= 4 is 0 Å². The number of imidazole rings is 1. The Labute approximate surface area is 125 Å². The molecule has 2 heterocycles. The van der Waals surface area contributed by atoms with Crippen molar-refractivity contribution in [2.75, 3.05) is 26.9 Å². The van der Waals surface area contributed by atoms with Crippen LogP contribution < -0.4 is 10.1 Å². The zero-order chi connectivity index (χ0) is 14.9. The fourth-order valence-corrected chi connectivity index (χ4v) is 1.92. The van der Waals surface area contributed by atoms with Gasteiger partial charge in [-0.25, -0.2) is 4.98 Å². The molecule has 0 fully saturated rings. The van der Waals surface area contributed by atoms with Crippen molar-refractivity contribution in [1.29, 1.82) is 0 Å². The molecule has 0 aliphatic rings. The highest BCUT2D eigenvalue weighted by Crippen LogP contribution is 2.16. The van der Waals surface area contributed by atoms with E-state index < -0.39 is 0 Å². The van der Waals surface area contributed by atoms with Gasteiger partial charge in [0.15, 0.2) is 0 Å². The summed E-state index contributed by atoms with van der Waals surface area (Å²) in [5.74, 6) is 0.825. The van der Waals surface area contributed by atoms with E-state index in [0.717, 1.165) is 30.2 Å². The van der Waals surface area contributed by atoms with Gasteiger partial charge in [-0.2, -0.15) is 0 Å². The van der Waals surface area contributed by atoms with Crippen LogP contribution in [0.1, 0.15) is 11.4 Å². The molecule has 21 heavy (non-hydrogen) atoms. The van der Waals surface area contributed by atoms with Crippen molar-refractivity contribution in [2.45, 2.75) is 20.0 Å². The first-order valence-electron chi connectivity index (χ1n) is 7.04. The van der Waals surface area contributed by atoms with Crippen molar-refractivity contribution in [3.63, 3.8) is 0 Å². The minimum atomic E-state index is 0.589. The van der Waals surface area contributed by atoms with Crippen molar-refractivity contribution in [3.05, 3.63) is 42.2 Å². The van der Waals surface area contributed by atoms with Crippen molar-refractivity contribution in [1.82, 2.24) is 19.9 Å². The van der Waals surface area contributed by atoms with Gasteiger partial charge in [-0.1, -0.05) is 0 Å². The number of methoxy groups -OCH3 is 1. The number of hydrogen-bond donors (Lipinski definition) is 1. The molecule has 2 aromatic heterocycles. The van der Waals surface area contributed by atoms with E-state index in [4.69, 9.17) is 9.47 Å². The first-order valence-corrected chi connectivity index (χ1v) is 7.04. The van der Waals surface area contributed by atoms with Gasteiger partial charge >= 0.3 is 0 Å². The summed E-state index contributed by atoms with van der Waals surface area (Å²) >= 11 is 0. The van der Waals surface area contributed by atoms with Crippen molar-refractivity contribution < 1.29 is 9.47 Å². The Morgan fingerprint density at radius 2 is 2.19 bits per heavy atom. The van der Waals surface area contributed by atoms with Crippen LogP contribution in [0.25, 0.3) is 0 Å². The zero-order valence-corrected chi connectivity index (χ0v) is 12.6. The minimum absolute atomic E-state index is 0.589. The molecule has 114 valence electrons. The molecule has 2 rings (SSSR count). The molecule has 0 aliphatic carbocycles. The maximum absolute atomic E-state index is 5.84. The van der Waals surface area contributed by atoms with Crippen LogP contribution in [0.15, 0.2) is 30.9 Å². The monoisotopic (exact) mass is 290 g/mol. The molecule has 0 amide bonds. The second kappa shape index (κ2) is 8.39. The number of nitrogens with zero attached hydrogens (tertiary/aromatic N) is 3. The molecule has 0 saturated carbocycles. The van der Waals surface area contributed by atoms with Gasteiger partial charge in [-0.05, 0) is 19.1 Å². The van der Waals surface area contributed by atoms with Gasteiger partial charge in [0.05, 0.1) is 25.2 Å². The van der Waals surface area contributed by atoms with Crippen LogP contribution in [-0.2, 0) is 17.8 Å². The summed E-state index contributed by atoms with van der Waals surface area (Å²) in [6.07, 6.45) is 5.46. The van der Waals surface area contributed by atoms with Crippen LogP contribution in [-0.4, -0.2) is 41.4 Å². The lowest BCUT2D eigenvalue weighted by molar-refractivity contribution is 0.198. The highest BCUT2D eigenvalue weighted by Gasteiger charge is 2.06. The van der Waals surface area contributed by atoms with Crippen LogP contribution in [0.2, 0.25) is 0 Å². The predicted molar refractivity (Wildman–Crippen MR) is 80.3 cm³/mol. The van der Waals surface area contributed by atoms with Crippen LogP contribution in [0.3, 0.4) is 0 Å². The topological polar surface area (TPSA) is 61.2 Å². The lowest BCUT2D eigenvalue weighted by Crippen LogP contribution is -2.20. The van der Waals surface area contributed by atoms with Crippen molar-refractivity contribution in [3.8, 4) is 5.75 Å². The lowest BCUT2D eigenvalue weighted by atomic mass is 10.3. The molecule has 0 aromatic carbocycles. The molecule has 0 aliphatic heterocycles. The van der Waals surface area contributed by atoms with E-state index in [9.17, 15) is 0 Å². The van der Waals surface area contributed by atoms with Gasteiger partial charge in [0, 0.05) is 38.3 Å². The average molecular weight is 290 g/mol. The Morgan fingerprint density at radius 3 is 2.95 bits per heavy atom. The largest absolute Gasteiger partial charge is 0.490 e. The molecule has 0 bridgehead atoms. The molecule has 1 N–H and O–H groups in total. The van der Waals surface area contributed by atoms with Crippen LogP contribution >= 0.6 is 0 Å². The Kier molecular flexibility index (Phi) is 6.18. The third-order valence-electron chi connectivity index (χ3n) is 3.01. The van der Waals surface area contributed by atoms with E-state index in [2.05, 4.69) is 15.3 Å². The van der Waals surface area contributed by atoms with Gasteiger partial charge in [-0.15, -0.1) is 0 Å². The number of pyridine rings is 1. The summed E-state index contributed by atoms with van der Waals surface area (Å²) in [4.78, 5) is 8.55. The predicted octanol–water partition coefficient (Wildman–Crippen LogP) is 1.40. The molecule has 0 atom stereocenters. The molecule has 0 radical (unpaired) electrons. The smallest absolute Gasteiger partial charge is 0.142 e. The van der Waals surface area contributed by atoms with Crippen molar-refractivity contribution in [2.24, 2.45) is 0 Å². The third kappa shape index (κ3) is 5.17. The van der Waals surface area contributed by atoms with E-state index in [-0.39, 0.29) is 0 Å². The Balaban J connectivity index is 1.87. The summed E-state index contributed by atoms with van der Waals surface area (Å²) < 4.78 is 12.8. The summed E-state index contributed by atoms with van der Waals surface area (Å²) in [6.45, 7) is 5.49. The molecule has 6 nitrogen and oxygen atoms in total. The van der Waals surface area contributed by atoms with Crippen LogP contribution in [0.4, 0.5) is 0 Å². The zero-order valence-electron chi connectivity index (χ0n) is 12.6. The molecular weight excluding hydrogens is 268 g/mol. The highest BCUT2D eigenvalue weighted by molar-refractivity contribution is 5.29. The molecule has 0 saturated heterocycles. The van der Waals surface area contributed by atoms with E-state index in [1.165, 1.54) is 0 Å². The fourth-order valence-electron chi connectivity index (χ4n) is 1.92. The summed E-state index contributed by atoms with van der Waals surface area (Å²) in [6, 6.07) is 3.94. The summed E-state index contributed by atoms with van der Waals surface area (Å²) in [5, 5.41) is 3.29. The van der Waals surface area contributed by atoms with E-state index in [0.29, 0.717) is 19.8 Å². The normalized spacial score (nSPS) is 10.8. The standard InChI is InChI=1S/C15H22N4O2/c1-13-3-4-15(14(18-13)11-16-6-9-20-2)21-10-8-19-7-5-17-12-19/h3-5,7,12,16H,6,8-11H2,1-2H3. The van der Waals surface area contributed by atoms with Gasteiger partial charge in [0.1, 0.15) is 12.4 Å². The molecular formula is C15H22N4O2. The van der Waals surface area contributed by atoms with Crippen LogP contribution in [0, 0.1) is 6.92 Å². The number of ether oxygens (including phenoxy) is 2.